The number of alkyl halides is 3. The predicted molar refractivity (Wildman–Crippen MR) is 74.9 cm³/mol. The summed E-state index contributed by atoms with van der Waals surface area (Å²) in [6.07, 6.45) is -2.76. The maximum Gasteiger partial charge on any atom is 0.391 e. The van der Waals surface area contributed by atoms with Crippen molar-refractivity contribution in [1.82, 2.24) is 0 Å². The Hall–Kier alpha value is -0.940. The zero-order chi connectivity index (χ0) is 14.8. The Balaban J connectivity index is 2.14. The second-order valence-corrected chi connectivity index (χ2v) is 5.89. The molecule has 112 valence electrons. The standard InChI is InChI=1S/C14H18ClF3N2/c15-11-3-5-12(6-4-11)20-13(9-19)7-1-2-10(8-13)14(16,17)18/h3-6,10,20H,1-2,7-9,19H2. The van der Waals surface area contributed by atoms with E-state index >= 15 is 0 Å². The Morgan fingerprint density at radius 3 is 2.50 bits per heavy atom. The Kier molecular flexibility index (Phi) is 4.49. The summed E-state index contributed by atoms with van der Waals surface area (Å²) in [6, 6.07) is 6.93. The number of hydrogen-bond acceptors (Lipinski definition) is 2. The summed E-state index contributed by atoms with van der Waals surface area (Å²) in [7, 11) is 0. The van der Waals surface area contributed by atoms with Crippen molar-refractivity contribution in [3.8, 4) is 0 Å². The molecular weight excluding hydrogens is 289 g/mol. The molecule has 1 aliphatic rings. The molecule has 1 aromatic rings. The Labute approximate surface area is 121 Å². The summed E-state index contributed by atoms with van der Waals surface area (Å²) >= 11 is 5.80. The second kappa shape index (κ2) is 5.82. The third-order valence-corrected chi connectivity index (χ3v) is 4.20. The van der Waals surface area contributed by atoms with E-state index in [2.05, 4.69) is 5.32 Å². The fraction of sp³-hybridized carbons (Fsp3) is 0.571. The molecule has 0 aromatic heterocycles. The molecule has 2 atom stereocenters. The number of hydrogen-bond donors (Lipinski definition) is 2. The zero-order valence-electron chi connectivity index (χ0n) is 11.0. The van der Waals surface area contributed by atoms with Crippen molar-refractivity contribution in [2.45, 2.75) is 37.4 Å². The van der Waals surface area contributed by atoms with E-state index < -0.39 is 17.6 Å². The molecule has 1 fully saturated rings. The van der Waals surface area contributed by atoms with E-state index in [9.17, 15) is 13.2 Å². The van der Waals surface area contributed by atoms with Gasteiger partial charge in [-0.25, -0.2) is 0 Å². The van der Waals surface area contributed by atoms with Gasteiger partial charge in [-0.15, -0.1) is 0 Å². The fourth-order valence-corrected chi connectivity index (χ4v) is 2.96. The highest BCUT2D eigenvalue weighted by Crippen LogP contribution is 2.42. The second-order valence-electron chi connectivity index (χ2n) is 5.45. The van der Waals surface area contributed by atoms with Crippen LogP contribution in [0.5, 0.6) is 0 Å². The minimum atomic E-state index is -4.15. The van der Waals surface area contributed by atoms with Crippen molar-refractivity contribution >= 4 is 17.3 Å². The Morgan fingerprint density at radius 2 is 1.95 bits per heavy atom. The van der Waals surface area contributed by atoms with Crippen LogP contribution in [0.4, 0.5) is 18.9 Å². The molecule has 20 heavy (non-hydrogen) atoms. The Morgan fingerprint density at radius 1 is 1.30 bits per heavy atom. The van der Waals surface area contributed by atoms with Crippen LogP contribution in [0.3, 0.4) is 0 Å². The minimum Gasteiger partial charge on any atom is -0.378 e. The van der Waals surface area contributed by atoms with Gasteiger partial charge in [-0.3, -0.25) is 0 Å². The van der Waals surface area contributed by atoms with Crippen LogP contribution in [0, 0.1) is 5.92 Å². The largest absolute Gasteiger partial charge is 0.391 e. The number of nitrogens with one attached hydrogen (secondary N) is 1. The van der Waals surface area contributed by atoms with Crippen molar-refractivity contribution in [3.63, 3.8) is 0 Å². The minimum absolute atomic E-state index is 0.0234. The predicted octanol–water partition coefficient (Wildman–Crippen LogP) is 4.20. The van der Waals surface area contributed by atoms with Gasteiger partial charge in [0.25, 0.3) is 0 Å². The van der Waals surface area contributed by atoms with E-state index in [1.807, 2.05) is 0 Å². The van der Waals surface area contributed by atoms with Gasteiger partial charge in [0.15, 0.2) is 0 Å². The number of benzene rings is 1. The quantitative estimate of drug-likeness (QED) is 0.878. The number of anilines is 1. The van der Waals surface area contributed by atoms with Crippen molar-refractivity contribution in [2.75, 3.05) is 11.9 Å². The number of rotatable bonds is 3. The van der Waals surface area contributed by atoms with Gasteiger partial charge in [0.05, 0.1) is 11.5 Å². The van der Waals surface area contributed by atoms with Gasteiger partial charge in [-0.1, -0.05) is 18.0 Å². The maximum absolute atomic E-state index is 12.9. The molecule has 0 heterocycles. The van der Waals surface area contributed by atoms with E-state index in [0.717, 1.165) is 5.69 Å². The molecule has 0 saturated heterocycles. The van der Waals surface area contributed by atoms with Crippen molar-refractivity contribution in [3.05, 3.63) is 29.3 Å². The summed E-state index contributed by atoms with van der Waals surface area (Å²) in [5, 5.41) is 3.78. The molecule has 6 heteroatoms. The lowest BCUT2D eigenvalue weighted by molar-refractivity contribution is -0.185. The van der Waals surface area contributed by atoms with Crippen molar-refractivity contribution in [1.29, 1.82) is 0 Å². The average Bonchev–Trinajstić information content (AvgIpc) is 2.41. The SMILES string of the molecule is NCC1(Nc2ccc(Cl)cc2)CCCC(C(F)(F)F)C1. The van der Waals surface area contributed by atoms with Gasteiger partial charge in [0.1, 0.15) is 0 Å². The lowest BCUT2D eigenvalue weighted by Gasteiger charge is -2.42. The first-order valence-corrected chi connectivity index (χ1v) is 7.03. The third-order valence-electron chi connectivity index (χ3n) is 3.95. The highest BCUT2D eigenvalue weighted by molar-refractivity contribution is 6.30. The van der Waals surface area contributed by atoms with Crippen LogP contribution >= 0.6 is 11.6 Å². The number of nitrogens with two attached hydrogens (primary N) is 1. The third kappa shape index (κ3) is 3.58. The Bertz CT molecular complexity index is 447. The summed E-state index contributed by atoms with van der Waals surface area (Å²) in [4.78, 5) is 0. The summed E-state index contributed by atoms with van der Waals surface area (Å²) in [6.45, 7) is 0.183. The van der Waals surface area contributed by atoms with Gasteiger partial charge in [0.2, 0.25) is 0 Å². The van der Waals surface area contributed by atoms with Crippen LogP contribution in [0.1, 0.15) is 25.7 Å². The van der Waals surface area contributed by atoms with E-state index in [-0.39, 0.29) is 19.4 Å². The molecule has 2 rings (SSSR count). The van der Waals surface area contributed by atoms with E-state index in [4.69, 9.17) is 17.3 Å². The van der Waals surface area contributed by atoms with Gasteiger partial charge >= 0.3 is 6.18 Å². The van der Waals surface area contributed by atoms with Gasteiger partial charge in [-0.05, 0) is 43.5 Å². The van der Waals surface area contributed by atoms with E-state index in [1.54, 1.807) is 24.3 Å². The molecule has 1 saturated carbocycles. The van der Waals surface area contributed by atoms with Gasteiger partial charge < -0.3 is 11.1 Å². The summed E-state index contributed by atoms with van der Waals surface area (Å²) in [5.41, 5.74) is 5.83. The topological polar surface area (TPSA) is 38.0 Å². The molecule has 0 spiro atoms. The molecule has 0 bridgehead atoms. The van der Waals surface area contributed by atoms with E-state index in [0.29, 0.717) is 17.9 Å². The highest BCUT2D eigenvalue weighted by Gasteiger charge is 2.47. The van der Waals surface area contributed by atoms with Gasteiger partial charge in [-0.2, -0.15) is 13.2 Å². The van der Waals surface area contributed by atoms with Crippen LogP contribution in [-0.4, -0.2) is 18.3 Å². The smallest absolute Gasteiger partial charge is 0.378 e. The molecule has 2 nitrogen and oxygen atoms in total. The van der Waals surface area contributed by atoms with Crippen LogP contribution in [0.2, 0.25) is 5.02 Å². The van der Waals surface area contributed by atoms with Crippen LogP contribution in [0.15, 0.2) is 24.3 Å². The summed E-state index contributed by atoms with van der Waals surface area (Å²) < 4.78 is 38.8. The highest BCUT2D eigenvalue weighted by atomic mass is 35.5. The summed E-state index contributed by atoms with van der Waals surface area (Å²) in [5.74, 6) is -1.28. The first kappa shape index (κ1) is 15.4. The van der Waals surface area contributed by atoms with Crippen LogP contribution in [-0.2, 0) is 0 Å². The van der Waals surface area contributed by atoms with Crippen LogP contribution < -0.4 is 11.1 Å². The molecular formula is C14H18ClF3N2. The monoisotopic (exact) mass is 306 g/mol. The normalized spacial score (nSPS) is 27.4. The molecule has 3 N–H and O–H groups in total. The molecule has 1 aliphatic carbocycles. The molecule has 0 aliphatic heterocycles. The molecule has 0 radical (unpaired) electrons. The van der Waals surface area contributed by atoms with E-state index in [1.165, 1.54) is 0 Å². The molecule has 2 unspecified atom stereocenters. The first-order valence-electron chi connectivity index (χ1n) is 6.65. The lowest BCUT2D eigenvalue weighted by Crippen LogP contribution is -2.51. The zero-order valence-corrected chi connectivity index (χ0v) is 11.8. The molecule has 1 aromatic carbocycles. The fourth-order valence-electron chi connectivity index (χ4n) is 2.83. The number of halogens is 4. The van der Waals surface area contributed by atoms with Crippen LogP contribution in [0.25, 0.3) is 0 Å². The van der Waals surface area contributed by atoms with Gasteiger partial charge in [0, 0.05) is 17.3 Å². The lowest BCUT2D eigenvalue weighted by atomic mass is 9.75. The average molecular weight is 307 g/mol. The maximum atomic E-state index is 12.9. The molecule has 0 amide bonds. The van der Waals surface area contributed by atoms with Crippen molar-refractivity contribution in [2.24, 2.45) is 11.7 Å². The van der Waals surface area contributed by atoms with Crippen molar-refractivity contribution < 1.29 is 13.2 Å². The first-order chi connectivity index (χ1) is 9.35.